The fourth-order valence-electron chi connectivity index (χ4n) is 1.16. The summed E-state index contributed by atoms with van der Waals surface area (Å²) in [5.74, 6) is -1.07. The fraction of sp³-hybridized carbons (Fsp3) is 0.750. The molecule has 0 aromatic heterocycles. The van der Waals surface area contributed by atoms with Crippen molar-refractivity contribution >= 4 is 11.9 Å². The van der Waals surface area contributed by atoms with Crippen LogP contribution in [0.15, 0.2) is 0 Å². The molecular weight excluding hydrogens is 160 g/mol. The molecule has 0 aliphatic carbocycles. The smallest absolute Gasteiger partial charge is 0.313 e. The van der Waals surface area contributed by atoms with Gasteiger partial charge in [0, 0.05) is 6.92 Å². The Morgan fingerprint density at radius 3 is 2.67 bits per heavy atom. The van der Waals surface area contributed by atoms with Crippen LogP contribution in [-0.4, -0.2) is 24.1 Å². The van der Waals surface area contributed by atoms with Crippen LogP contribution in [0.2, 0.25) is 0 Å². The number of ether oxygens (including phenoxy) is 2. The molecule has 4 heteroatoms. The van der Waals surface area contributed by atoms with E-state index < -0.39 is 5.60 Å². The Morgan fingerprint density at radius 2 is 2.33 bits per heavy atom. The van der Waals surface area contributed by atoms with Crippen LogP contribution in [0.3, 0.4) is 0 Å². The van der Waals surface area contributed by atoms with E-state index in [1.807, 2.05) is 0 Å². The summed E-state index contributed by atoms with van der Waals surface area (Å²) in [4.78, 5) is 21.6. The molecule has 0 radical (unpaired) electrons. The highest BCUT2D eigenvalue weighted by Crippen LogP contribution is 2.29. The van der Waals surface area contributed by atoms with Crippen molar-refractivity contribution < 1.29 is 19.1 Å². The average Bonchev–Trinajstić information content (AvgIpc) is 2.16. The summed E-state index contributed by atoms with van der Waals surface area (Å²) in [6.45, 7) is 4.87. The van der Waals surface area contributed by atoms with Crippen LogP contribution < -0.4 is 0 Å². The van der Waals surface area contributed by atoms with Crippen molar-refractivity contribution in [1.29, 1.82) is 0 Å². The molecule has 1 aliphatic heterocycles. The Hall–Kier alpha value is -1.06. The SMILES string of the molecule is CC(=O)OC1(C)COC(=O)C1C. The molecule has 1 fully saturated rings. The molecule has 0 N–H and O–H groups in total. The Balaban J connectivity index is 2.72. The molecular formula is C8H12O4. The van der Waals surface area contributed by atoms with E-state index >= 15 is 0 Å². The lowest BCUT2D eigenvalue weighted by atomic mass is 9.94. The maximum absolute atomic E-state index is 11.0. The van der Waals surface area contributed by atoms with Crippen LogP contribution >= 0.6 is 0 Å². The summed E-state index contributed by atoms with van der Waals surface area (Å²) in [7, 11) is 0. The number of hydrogen-bond donors (Lipinski definition) is 0. The molecule has 0 spiro atoms. The van der Waals surface area contributed by atoms with Gasteiger partial charge in [-0.3, -0.25) is 9.59 Å². The monoisotopic (exact) mass is 172 g/mol. The molecule has 0 aromatic rings. The topological polar surface area (TPSA) is 52.6 Å². The van der Waals surface area contributed by atoms with Crippen molar-refractivity contribution in [2.24, 2.45) is 5.92 Å². The van der Waals surface area contributed by atoms with Crippen LogP contribution in [0.25, 0.3) is 0 Å². The minimum atomic E-state index is -0.775. The van der Waals surface area contributed by atoms with E-state index in [-0.39, 0.29) is 24.5 Å². The first-order valence-electron chi connectivity index (χ1n) is 3.82. The second kappa shape index (κ2) is 2.77. The van der Waals surface area contributed by atoms with E-state index in [0.717, 1.165) is 0 Å². The van der Waals surface area contributed by atoms with Crippen molar-refractivity contribution in [3.05, 3.63) is 0 Å². The number of rotatable bonds is 1. The molecule has 1 saturated heterocycles. The molecule has 2 unspecified atom stereocenters. The predicted octanol–water partition coefficient (Wildman–Crippen LogP) is 0.501. The summed E-state index contributed by atoms with van der Waals surface area (Å²) in [6, 6.07) is 0. The maximum atomic E-state index is 11.0. The fourth-order valence-corrected chi connectivity index (χ4v) is 1.16. The number of carbonyl (C=O) groups excluding carboxylic acids is 2. The summed E-state index contributed by atoms with van der Waals surface area (Å²) >= 11 is 0. The van der Waals surface area contributed by atoms with Crippen LogP contribution in [0.5, 0.6) is 0 Å². The number of cyclic esters (lactones) is 1. The van der Waals surface area contributed by atoms with Gasteiger partial charge >= 0.3 is 11.9 Å². The van der Waals surface area contributed by atoms with Gasteiger partial charge < -0.3 is 9.47 Å². The van der Waals surface area contributed by atoms with E-state index in [0.29, 0.717) is 0 Å². The molecule has 0 amide bonds. The highest BCUT2D eigenvalue weighted by Gasteiger charge is 2.46. The number of esters is 2. The van der Waals surface area contributed by atoms with Gasteiger partial charge in [-0.1, -0.05) is 0 Å². The molecule has 4 nitrogen and oxygen atoms in total. The first-order valence-corrected chi connectivity index (χ1v) is 3.82. The quantitative estimate of drug-likeness (QED) is 0.540. The lowest BCUT2D eigenvalue weighted by molar-refractivity contribution is -0.158. The molecule has 2 atom stereocenters. The van der Waals surface area contributed by atoms with Crippen molar-refractivity contribution in [2.75, 3.05) is 6.61 Å². The molecule has 12 heavy (non-hydrogen) atoms. The first-order chi connectivity index (χ1) is 5.46. The minimum absolute atomic E-state index is 0.159. The summed E-state index contributed by atoms with van der Waals surface area (Å²) in [5, 5.41) is 0. The van der Waals surface area contributed by atoms with Gasteiger partial charge in [0.15, 0.2) is 5.60 Å². The second-order valence-corrected chi connectivity index (χ2v) is 3.24. The zero-order chi connectivity index (χ0) is 9.35. The number of hydrogen-bond acceptors (Lipinski definition) is 4. The van der Waals surface area contributed by atoms with Crippen LogP contribution in [-0.2, 0) is 19.1 Å². The summed E-state index contributed by atoms with van der Waals surface area (Å²) in [5.41, 5.74) is -0.775. The third-order valence-corrected chi connectivity index (χ3v) is 2.15. The third kappa shape index (κ3) is 1.42. The first kappa shape index (κ1) is 9.03. The number of carbonyl (C=O) groups is 2. The molecule has 0 saturated carbocycles. The van der Waals surface area contributed by atoms with Crippen molar-refractivity contribution in [1.82, 2.24) is 0 Å². The summed E-state index contributed by atoms with van der Waals surface area (Å²) in [6.07, 6.45) is 0. The molecule has 0 aromatic carbocycles. The highest BCUT2D eigenvalue weighted by molar-refractivity contribution is 5.77. The minimum Gasteiger partial charge on any atom is -0.461 e. The van der Waals surface area contributed by atoms with Crippen LogP contribution in [0, 0.1) is 5.92 Å². The largest absolute Gasteiger partial charge is 0.461 e. The third-order valence-electron chi connectivity index (χ3n) is 2.15. The van der Waals surface area contributed by atoms with Crippen LogP contribution in [0.4, 0.5) is 0 Å². The normalized spacial score (nSPS) is 34.6. The summed E-state index contributed by atoms with van der Waals surface area (Å²) < 4.78 is 9.76. The van der Waals surface area contributed by atoms with Gasteiger partial charge in [-0.25, -0.2) is 0 Å². The Bertz CT molecular complexity index is 223. The van der Waals surface area contributed by atoms with Gasteiger partial charge in [-0.05, 0) is 13.8 Å². The zero-order valence-corrected chi connectivity index (χ0v) is 7.42. The Labute approximate surface area is 70.8 Å². The Kier molecular flexibility index (Phi) is 2.08. The average molecular weight is 172 g/mol. The van der Waals surface area contributed by atoms with Gasteiger partial charge in [0.05, 0.1) is 5.92 Å². The van der Waals surface area contributed by atoms with Crippen LogP contribution in [0.1, 0.15) is 20.8 Å². The molecule has 1 aliphatic rings. The second-order valence-electron chi connectivity index (χ2n) is 3.24. The van der Waals surface area contributed by atoms with Gasteiger partial charge in [-0.2, -0.15) is 0 Å². The Morgan fingerprint density at radius 1 is 1.75 bits per heavy atom. The standard InChI is InChI=1S/C8H12O4/c1-5-7(10)11-4-8(5,3)12-6(2)9/h5H,4H2,1-3H3. The maximum Gasteiger partial charge on any atom is 0.313 e. The molecule has 1 rings (SSSR count). The van der Waals surface area contributed by atoms with Gasteiger partial charge in [0.25, 0.3) is 0 Å². The highest BCUT2D eigenvalue weighted by atomic mass is 16.6. The van der Waals surface area contributed by atoms with Crippen molar-refractivity contribution in [3.63, 3.8) is 0 Å². The van der Waals surface area contributed by atoms with Gasteiger partial charge in [-0.15, -0.1) is 0 Å². The molecule has 68 valence electrons. The lowest BCUT2D eigenvalue weighted by Gasteiger charge is -2.23. The van der Waals surface area contributed by atoms with E-state index in [1.165, 1.54) is 6.92 Å². The lowest BCUT2D eigenvalue weighted by Crippen LogP contribution is -2.37. The van der Waals surface area contributed by atoms with Crippen molar-refractivity contribution in [2.45, 2.75) is 26.4 Å². The van der Waals surface area contributed by atoms with Gasteiger partial charge in [0.1, 0.15) is 6.61 Å². The molecule has 0 bridgehead atoms. The van der Waals surface area contributed by atoms with E-state index in [4.69, 9.17) is 9.47 Å². The zero-order valence-electron chi connectivity index (χ0n) is 7.42. The van der Waals surface area contributed by atoms with E-state index in [9.17, 15) is 9.59 Å². The van der Waals surface area contributed by atoms with Crippen molar-refractivity contribution in [3.8, 4) is 0 Å². The molecule has 1 heterocycles. The van der Waals surface area contributed by atoms with Gasteiger partial charge in [0.2, 0.25) is 0 Å². The van der Waals surface area contributed by atoms with E-state index in [2.05, 4.69) is 0 Å². The van der Waals surface area contributed by atoms with E-state index in [1.54, 1.807) is 13.8 Å². The predicted molar refractivity (Wildman–Crippen MR) is 40.3 cm³/mol.